The van der Waals surface area contributed by atoms with Crippen LogP contribution >= 0.6 is 0 Å². The number of hydrogen-bond donors (Lipinski definition) is 1. The highest BCUT2D eigenvalue weighted by atomic mass is 16.4. The van der Waals surface area contributed by atoms with E-state index < -0.39 is 12.0 Å². The number of carboxylic acids is 1. The van der Waals surface area contributed by atoms with Gasteiger partial charge < -0.3 is 10.0 Å². The molecule has 2 rings (SSSR count). The van der Waals surface area contributed by atoms with Crippen molar-refractivity contribution in [2.75, 3.05) is 6.54 Å². The topological polar surface area (TPSA) is 70.5 Å². The van der Waals surface area contributed by atoms with Crippen LogP contribution in [-0.4, -0.2) is 39.5 Å². The average molecular weight is 262 g/mol. The van der Waals surface area contributed by atoms with Crippen molar-refractivity contribution in [3.05, 3.63) is 30.1 Å². The Kier molecular flexibility index (Phi) is 4.14. The molecule has 1 aromatic heterocycles. The number of carbonyl (C=O) groups is 2. The molecule has 1 aliphatic heterocycles. The Morgan fingerprint density at radius 1 is 1.47 bits per heavy atom. The Morgan fingerprint density at radius 3 is 2.79 bits per heavy atom. The fourth-order valence-electron chi connectivity index (χ4n) is 2.51. The molecule has 1 N–H and O–H groups in total. The highest BCUT2D eigenvalue weighted by Gasteiger charge is 2.34. The summed E-state index contributed by atoms with van der Waals surface area (Å²) in [7, 11) is 0. The zero-order chi connectivity index (χ0) is 13.8. The average Bonchev–Trinajstić information content (AvgIpc) is 2.89. The van der Waals surface area contributed by atoms with E-state index in [1.165, 1.54) is 4.90 Å². The molecule has 0 saturated carbocycles. The van der Waals surface area contributed by atoms with Gasteiger partial charge in [-0.25, -0.2) is 4.79 Å². The van der Waals surface area contributed by atoms with E-state index in [1.54, 1.807) is 12.4 Å². The summed E-state index contributed by atoms with van der Waals surface area (Å²) in [6.45, 7) is 2.53. The number of carboxylic acid groups (broad SMARTS) is 1. The maximum Gasteiger partial charge on any atom is 0.326 e. The first-order valence-electron chi connectivity index (χ1n) is 6.52. The van der Waals surface area contributed by atoms with Crippen molar-refractivity contribution >= 4 is 11.9 Å². The Morgan fingerprint density at radius 2 is 2.16 bits per heavy atom. The fraction of sp³-hybridized carbons (Fsp3) is 0.500. The second kappa shape index (κ2) is 5.82. The third-order valence-corrected chi connectivity index (χ3v) is 3.61. The molecule has 1 amide bonds. The lowest BCUT2D eigenvalue weighted by Gasteiger charge is -2.23. The van der Waals surface area contributed by atoms with E-state index in [0.29, 0.717) is 19.4 Å². The first kappa shape index (κ1) is 13.5. The van der Waals surface area contributed by atoms with Gasteiger partial charge in [-0.05, 0) is 36.5 Å². The van der Waals surface area contributed by atoms with Crippen LogP contribution in [0, 0.1) is 0 Å². The van der Waals surface area contributed by atoms with Crippen LogP contribution in [0.5, 0.6) is 0 Å². The molecule has 2 atom stereocenters. The van der Waals surface area contributed by atoms with Crippen LogP contribution in [0.25, 0.3) is 0 Å². The van der Waals surface area contributed by atoms with E-state index in [1.807, 2.05) is 19.1 Å². The number of aliphatic carboxylic acids is 1. The summed E-state index contributed by atoms with van der Waals surface area (Å²) in [6.07, 6.45) is 5.07. The van der Waals surface area contributed by atoms with Gasteiger partial charge in [-0.2, -0.15) is 0 Å². The second-order valence-corrected chi connectivity index (χ2v) is 4.97. The second-order valence-electron chi connectivity index (χ2n) is 4.97. The lowest BCUT2D eigenvalue weighted by Crippen LogP contribution is -2.40. The number of likely N-dealkylation sites (tertiary alicyclic amines) is 1. The van der Waals surface area contributed by atoms with Gasteiger partial charge >= 0.3 is 5.97 Å². The zero-order valence-corrected chi connectivity index (χ0v) is 11.0. The van der Waals surface area contributed by atoms with Gasteiger partial charge in [-0.3, -0.25) is 9.78 Å². The predicted molar refractivity (Wildman–Crippen MR) is 69.6 cm³/mol. The molecule has 1 saturated heterocycles. The Labute approximate surface area is 112 Å². The summed E-state index contributed by atoms with van der Waals surface area (Å²) in [4.78, 5) is 28.7. The van der Waals surface area contributed by atoms with E-state index >= 15 is 0 Å². The first-order valence-corrected chi connectivity index (χ1v) is 6.52. The van der Waals surface area contributed by atoms with Crippen molar-refractivity contribution < 1.29 is 14.7 Å². The number of nitrogens with zero attached hydrogens (tertiary/aromatic N) is 2. The number of amides is 1. The molecule has 1 aromatic rings. The molecule has 0 bridgehead atoms. The molecule has 0 aromatic carbocycles. The monoisotopic (exact) mass is 262 g/mol. The SMILES string of the molecule is CC(CC(=O)N1CCCC1C(=O)O)c1ccncc1. The predicted octanol–water partition coefficient (Wildman–Crippen LogP) is 1.65. The maximum atomic E-state index is 12.2. The minimum Gasteiger partial charge on any atom is -0.480 e. The van der Waals surface area contributed by atoms with Crippen LogP contribution in [0.15, 0.2) is 24.5 Å². The molecule has 0 radical (unpaired) electrons. The third-order valence-electron chi connectivity index (χ3n) is 3.61. The van der Waals surface area contributed by atoms with Gasteiger partial charge in [0.2, 0.25) is 5.91 Å². The van der Waals surface area contributed by atoms with Crippen molar-refractivity contribution in [3.8, 4) is 0 Å². The van der Waals surface area contributed by atoms with Gasteiger partial charge in [-0.1, -0.05) is 6.92 Å². The molecule has 0 aliphatic carbocycles. The summed E-state index contributed by atoms with van der Waals surface area (Å²) in [6, 6.07) is 3.13. The smallest absolute Gasteiger partial charge is 0.326 e. The van der Waals surface area contributed by atoms with E-state index in [0.717, 1.165) is 12.0 Å². The molecule has 0 spiro atoms. The Bertz CT molecular complexity index is 461. The normalized spacial score (nSPS) is 20.3. The van der Waals surface area contributed by atoms with Crippen LogP contribution in [0.3, 0.4) is 0 Å². The van der Waals surface area contributed by atoms with E-state index in [-0.39, 0.29) is 11.8 Å². The van der Waals surface area contributed by atoms with Crippen molar-refractivity contribution in [3.63, 3.8) is 0 Å². The number of rotatable bonds is 4. The van der Waals surface area contributed by atoms with Gasteiger partial charge in [0.15, 0.2) is 0 Å². The van der Waals surface area contributed by atoms with E-state index in [2.05, 4.69) is 4.98 Å². The summed E-state index contributed by atoms with van der Waals surface area (Å²) >= 11 is 0. The van der Waals surface area contributed by atoms with Crippen molar-refractivity contribution in [2.24, 2.45) is 0 Å². The molecule has 1 fully saturated rings. The molecule has 5 heteroatoms. The molecule has 2 unspecified atom stereocenters. The van der Waals surface area contributed by atoms with Crippen molar-refractivity contribution in [2.45, 2.75) is 38.1 Å². The lowest BCUT2D eigenvalue weighted by molar-refractivity contribution is -0.148. The van der Waals surface area contributed by atoms with Gasteiger partial charge in [0.05, 0.1) is 0 Å². The number of pyridine rings is 1. The van der Waals surface area contributed by atoms with Crippen molar-refractivity contribution in [1.29, 1.82) is 0 Å². The highest BCUT2D eigenvalue weighted by molar-refractivity contribution is 5.84. The van der Waals surface area contributed by atoms with Gasteiger partial charge in [-0.15, -0.1) is 0 Å². The summed E-state index contributed by atoms with van der Waals surface area (Å²) < 4.78 is 0. The molecule has 1 aliphatic rings. The van der Waals surface area contributed by atoms with Gasteiger partial charge in [0, 0.05) is 25.4 Å². The number of hydrogen-bond acceptors (Lipinski definition) is 3. The first-order chi connectivity index (χ1) is 9.09. The highest BCUT2D eigenvalue weighted by Crippen LogP contribution is 2.23. The van der Waals surface area contributed by atoms with E-state index in [4.69, 9.17) is 5.11 Å². The van der Waals surface area contributed by atoms with Crippen LogP contribution in [0.1, 0.15) is 37.7 Å². The third kappa shape index (κ3) is 3.10. The van der Waals surface area contributed by atoms with Gasteiger partial charge in [0.1, 0.15) is 6.04 Å². The van der Waals surface area contributed by atoms with E-state index in [9.17, 15) is 9.59 Å². The molecular formula is C14H18N2O3. The van der Waals surface area contributed by atoms with Crippen molar-refractivity contribution in [1.82, 2.24) is 9.88 Å². The lowest BCUT2D eigenvalue weighted by atomic mass is 9.98. The minimum absolute atomic E-state index is 0.0746. The maximum absolute atomic E-state index is 12.2. The number of carbonyl (C=O) groups excluding carboxylic acids is 1. The van der Waals surface area contributed by atoms with Crippen LogP contribution < -0.4 is 0 Å². The molecule has 102 valence electrons. The van der Waals surface area contributed by atoms with Crippen LogP contribution in [-0.2, 0) is 9.59 Å². The quantitative estimate of drug-likeness (QED) is 0.895. The molecular weight excluding hydrogens is 244 g/mol. The van der Waals surface area contributed by atoms with Crippen LogP contribution in [0.2, 0.25) is 0 Å². The summed E-state index contributed by atoms with van der Waals surface area (Å²) in [5.41, 5.74) is 1.05. The molecule has 5 nitrogen and oxygen atoms in total. The summed E-state index contributed by atoms with van der Waals surface area (Å²) in [5.74, 6) is -0.901. The molecule has 2 heterocycles. The standard InChI is InChI=1S/C14H18N2O3/c1-10(11-4-6-15-7-5-11)9-13(17)16-8-2-3-12(16)14(18)19/h4-7,10,12H,2-3,8-9H2,1H3,(H,18,19). The number of aromatic nitrogens is 1. The Balaban J connectivity index is 1.99. The minimum atomic E-state index is -0.901. The molecule has 19 heavy (non-hydrogen) atoms. The van der Waals surface area contributed by atoms with Gasteiger partial charge in [0.25, 0.3) is 0 Å². The fourth-order valence-corrected chi connectivity index (χ4v) is 2.51. The van der Waals surface area contributed by atoms with Crippen LogP contribution in [0.4, 0.5) is 0 Å². The largest absolute Gasteiger partial charge is 0.480 e. The Hall–Kier alpha value is -1.91. The zero-order valence-electron chi connectivity index (χ0n) is 11.0. The summed E-state index contributed by atoms with van der Waals surface area (Å²) in [5, 5.41) is 9.08.